The van der Waals surface area contributed by atoms with Crippen LogP contribution < -0.4 is 4.74 Å². The number of aromatic nitrogens is 2. The molecule has 0 saturated carbocycles. The maximum Gasteiger partial charge on any atom is 0.264 e. The minimum atomic E-state index is -3.56. The van der Waals surface area contributed by atoms with Gasteiger partial charge in [0.1, 0.15) is 6.61 Å². The van der Waals surface area contributed by atoms with Crippen molar-refractivity contribution in [2.24, 2.45) is 0 Å². The molecule has 1 N–H and O–H groups in total. The highest BCUT2D eigenvalue weighted by molar-refractivity contribution is 7.85. The Morgan fingerprint density at radius 2 is 1.88 bits per heavy atom. The lowest BCUT2D eigenvalue weighted by atomic mass is 10.1. The largest absolute Gasteiger partial charge is 0.473 e. The van der Waals surface area contributed by atoms with E-state index >= 15 is 0 Å². The molecular formula is C17H18N2O4S. The summed E-state index contributed by atoms with van der Waals surface area (Å²) in [7, 11) is -3.56. The van der Waals surface area contributed by atoms with Crippen LogP contribution in [0.1, 0.15) is 16.8 Å². The number of benzene rings is 1. The maximum absolute atomic E-state index is 11.3. The van der Waals surface area contributed by atoms with Crippen molar-refractivity contribution in [2.45, 2.75) is 20.1 Å². The van der Waals surface area contributed by atoms with Crippen LogP contribution in [0.25, 0.3) is 10.9 Å². The Morgan fingerprint density at radius 1 is 1.12 bits per heavy atom. The van der Waals surface area contributed by atoms with Crippen LogP contribution in [0.4, 0.5) is 0 Å². The predicted molar refractivity (Wildman–Crippen MR) is 91.2 cm³/mol. The highest BCUT2D eigenvalue weighted by Crippen LogP contribution is 2.29. The molecule has 1 aromatic carbocycles. The Balaban J connectivity index is 1.95. The molecule has 2 heterocycles. The summed E-state index contributed by atoms with van der Waals surface area (Å²) in [5.74, 6) is 0.382. The fraction of sp³-hybridized carbons (Fsp3) is 0.235. The van der Waals surface area contributed by atoms with Gasteiger partial charge in [0.2, 0.25) is 5.88 Å². The quantitative estimate of drug-likeness (QED) is 0.694. The van der Waals surface area contributed by atoms with Gasteiger partial charge in [-0.25, -0.2) is 4.98 Å². The van der Waals surface area contributed by atoms with Crippen molar-refractivity contribution in [3.63, 3.8) is 0 Å². The Kier molecular flexibility index (Phi) is 4.55. The number of hydrogen-bond acceptors (Lipinski definition) is 5. The second kappa shape index (κ2) is 6.62. The molecule has 0 aliphatic carbocycles. The number of nitrogens with one attached hydrogen (secondary N) is 1. The van der Waals surface area contributed by atoms with Crippen LogP contribution in [0, 0.1) is 6.92 Å². The molecule has 0 aliphatic heterocycles. The van der Waals surface area contributed by atoms with E-state index in [9.17, 15) is 8.42 Å². The molecule has 24 heavy (non-hydrogen) atoms. The number of ether oxygens (including phenoxy) is 1. The van der Waals surface area contributed by atoms with Crippen LogP contribution in [0.5, 0.6) is 5.88 Å². The van der Waals surface area contributed by atoms with Crippen LogP contribution in [0.2, 0.25) is 0 Å². The Bertz CT molecular complexity index is 949. The van der Waals surface area contributed by atoms with Crippen molar-refractivity contribution in [3.05, 3.63) is 59.4 Å². The van der Waals surface area contributed by atoms with E-state index in [4.69, 9.17) is 8.92 Å². The van der Waals surface area contributed by atoms with Gasteiger partial charge in [-0.05, 0) is 18.6 Å². The van der Waals surface area contributed by atoms with Gasteiger partial charge in [0.15, 0.2) is 0 Å². The van der Waals surface area contributed by atoms with Gasteiger partial charge in [-0.15, -0.1) is 0 Å². The van der Waals surface area contributed by atoms with E-state index in [1.165, 1.54) is 0 Å². The van der Waals surface area contributed by atoms with Crippen molar-refractivity contribution in [3.8, 4) is 5.88 Å². The van der Waals surface area contributed by atoms with E-state index < -0.39 is 10.1 Å². The summed E-state index contributed by atoms with van der Waals surface area (Å²) < 4.78 is 33.5. The van der Waals surface area contributed by atoms with E-state index in [0.29, 0.717) is 18.1 Å². The molecule has 0 unspecified atom stereocenters. The molecule has 3 aromatic rings. The molecule has 0 aliphatic rings. The van der Waals surface area contributed by atoms with Gasteiger partial charge in [-0.3, -0.25) is 4.18 Å². The SMILES string of the molecule is Cc1nc(OCc2ccccc2)c(COS(C)(=O)=O)c2cc[nH]c12. The van der Waals surface area contributed by atoms with Crippen molar-refractivity contribution < 1.29 is 17.3 Å². The number of aromatic amines is 1. The van der Waals surface area contributed by atoms with Crippen LogP contribution in [0.3, 0.4) is 0 Å². The molecule has 0 fully saturated rings. The number of H-pyrrole nitrogens is 1. The van der Waals surface area contributed by atoms with Crippen LogP contribution in [0.15, 0.2) is 42.6 Å². The average Bonchev–Trinajstić information content (AvgIpc) is 3.02. The first-order valence-electron chi connectivity index (χ1n) is 7.42. The molecule has 0 spiro atoms. The molecule has 0 radical (unpaired) electrons. The van der Waals surface area contributed by atoms with Gasteiger partial charge in [-0.2, -0.15) is 8.42 Å². The van der Waals surface area contributed by atoms with Gasteiger partial charge in [0, 0.05) is 11.6 Å². The summed E-state index contributed by atoms with van der Waals surface area (Å²) in [6.45, 7) is 2.09. The summed E-state index contributed by atoms with van der Waals surface area (Å²) in [5, 5.41) is 0.842. The zero-order chi connectivity index (χ0) is 17.2. The van der Waals surface area contributed by atoms with E-state index in [1.54, 1.807) is 6.20 Å². The number of hydrogen-bond donors (Lipinski definition) is 1. The molecule has 0 amide bonds. The van der Waals surface area contributed by atoms with Gasteiger partial charge >= 0.3 is 0 Å². The minimum Gasteiger partial charge on any atom is -0.473 e. The Hall–Kier alpha value is -2.38. The molecular weight excluding hydrogens is 328 g/mol. The third-order valence-electron chi connectivity index (χ3n) is 3.60. The Morgan fingerprint density at radius 3 is 2.58 bits per heavy atom. The average molecular weight is 346 g/mol. The van der Waals surface area contributed by atoms with Crippen molar-refractivity contribution in [2.75, 3.05) is 6.26 Å². The molecule has 7 heteroatoms. The number of aryl methyl sites for hydroxylation is 1. The zero-order valence-corrected chi connectivity index (χ0v) is 14.3. The molecule has 0 atom stereocenters. The van der Waals surface area contributed by atoms with E-state index in [2.05, 4.69) is 9.97 Å². The zero-order valence-electron chi connectivity index (χ0n) is 13.4. The van der Waals surface area contributed by atoms with Gasteiger partial charge < -0.3 is 9.72 Å². The fourth-order valence-corrected chi connectivity index (χ4v) is 2.79. The molecule has 3 rings (SSSR count). The minimum absolute atomic E-state index is 0.120. The molecule has 6 nitrogen and oxygen atoms in total. The second-order valence-electron chi connectivity index (χ2n) is 5.49. The van der Waals surface area contributed by atoms with Gasteiger partial charge in [-0.1, -0.05) is 30.3 Å². The lowest BCUT2D eigenvalue weighted by Crippen LogP contribution is -2.07. The second-order valence-corrected chi connectivity index (χ2v) is 7.13. The first-order valence-corrected chi connectivity index (χ1v) is 9.23. The number of rotatable bonds is 6. The highest BCUT2D eigenvalue weighted by Gasteiger charge is 2.16. The fourth-order valence-electron chi connectivity index (χ4n) is 2.46. The summed E-state index contributed by atoms with van der Waals surface area (Å²) >= 11 is 0. The van der Waals surface area contributed by atoms with Crippen LogP contribution in [-0.4, -0.2) is 24.6 Å². The maximum atomic E-state index is 11.3. The summed E-state index contributed by atoms with van der Waals surface area (Å²) in [4.78, 5) is 7.56. The standard InChI is InChI=1S/C17H18N2O4S/c1-12-16-14(8-9-18-16)15(11-23-24(2,20)21)17(19-12)22-10-13-6-4-3-5-7-13/h3-9,18H,10-11H2,1-2H3. The first-order chi connectivity index (χ1) is 11.4. The molecule has 2 aromatic heterocycles. The molecule has 0 saturated heterocycles. The van der Waals surface area contributed by atoms with E-state index in [-0.39, 0.29) is 6.61 Å². The van der Waals surface area contributed by atoms with Crippen LogP contribution in [-0.2, 0) is 27.5 Å². The van der Waals surface area contributed by atoms with Gasteiger partial charge in [0.05, 0.1) is 29.6 Å². The normalized spacial score (nSPS) is 11.8. The summed E-state index contributed by atoms with van der Waals surface area (Å²) in [5.41, 5.74) is 3.23. The monoisotopic (exact) mass is 346 g/mol. The predicted octanol–water partition coefficient (Wildman–Crippen LogP) is 2.93. The van der Waals surface area contributed by atoms with Crippen molar-refractivity contribution >= 4 is 21.0 Å². The van der Waals surface area contributed by atoms with Gasteiger partial charge in [0.25, 0.3) is 10.1 Å². The third kappa shape index (κ3) is 3.74. The smallest absolute Gasteiger partial charge is 0.264 e. The lowest BCUT2D eigenvalue weighted by Gasteiger charge is -2.13. The lowest BCUT2D eigenvalue weighted by molar-refractivity contribution is 0.270. The van der Waals surface area contributed by atoms with Crippen molar-refractivity contribution in [1.82, 2.24) is 9.97 Å². The molecule has 126 valence electrons. The summed E-state index contributed by atoms with van der Waals surface area (Å²) in [6, 6.07) is 11.6. The highest BCUT2D eigenvalue weighted by atomic mass is 32.2. The van der Waals surface area contributed by atoms with Crippen LogP contribution >= 0.6 is 0 Å². The summed E-state index contributed by atoms with van der Waals surface area (Å²) in [6.07, 6.45) is 2.80. The van der Waals surface area contributed by atoms with E-state index in [0.717, 1.165) is 28.4 Å². The molecule has 0 bridgehead atoms. The number of pyridine rings is 1. The van der Waals surface area contributed by atoms with Crippen molar-refractivity contribution in [1.29, 1.82) is 0 Å². The topological polar surface area (TPSA) is 81.3 Å². The number of fused-ring (bicyclic) bond motifs is 1. The number of nitrogens with zero attached hydrogens (tertiary/aromatic N) is 1. The first kappa shape index (κ1) is 16.5. The Labute approximate surface area is 140 Å². The third-order valence-corrected chi connectivity index (χ3v) is 4.14. The van der Waals surface area contributed by atoms with E-state index in [1.807, 2.05) is 43.3 Å².